The van der Waals surface area contributed by atoms with Crippen molar-refractivity contribution in [1.29, 1.82) is 0 Å². The van der Waals surface area contributed by atoms with Crippen molar-refractivity contribution in [2.45, 2.75) is 19.9 Å². The minimum atomic E-state index is -0.306. The number of benzene rings is 1. The number of rotatable bonds is 2. The first-order valence-electron chi connectivity index (χ1n) is 4.54. The van der Waals surface area contributed by atoms with Crippen LogP contribution in [0.2, 0.25) is 0 Å². The fourth-order valence-corrected chi connectivity index (χ4v) is 1.48. The van der Waals surface area contributed by atoms with Crippen molar-refractivity contribution in [2.75, 3.05) is 0 Å². The Morgan fingerprint density at radius 1 is 1.53 bits per heavy atom. The predicted octanol–water partition coefficient (Wildman–Crippen LogP) is 2.21. The Labute approximate surface area is 96.7 Å². The van der Waals surface area contributed by atoms with E-state index in [0.29, 0.717) is 10.3 Å². The van der Waals surface area contributed by atoms with E-state index in [4.69, 9.17) is 5.84 Å². The molecule has 0 aliphatic rings. The largest absolute Gasteiger partial charge is 0.308 e. The van der Waals surface area contributed by atoms with E-state index in [2.05, 4.69) is 26.3 Å². The molecular formula is C10H13BrFN3. The molecule has 0 amide bonds. The zero-order valence-electron chi connectivity index (χ0n) is 8.59. The third-order valence-corrected chi connectivity index (χ3v) is 2.32. The molecule has 0 saturated heterocycles. The van der Waals surface area contributed by atoms with Gasteiger partial charge in [-0.2, -0.15) is 0 Å². The maximum absolute atomic E-state index is 13.0. The third-order valence-electron chi connectivity index (χ3n) is 1.72. The second-order valence-electron chi connectivity index (χ2n) is 3.34. The topological polar surface area (TPSA) is 50.4 Å². The molecule has 0 heterocycles. The van der Waals surface area contributed by atoms with Crippen LogP contribution in [0.4, 0.5) is 4.39 Å². The van der Waals surface area contributed by atoms with Crippen LogP contribution in [0.25, 0.3) is 0 Å². The molecule has 0 fully saturated rings. The van der Waals surface area contributed by atoms with Crippen molar-refractivity contribution in [1.82, 2.24) is 5.43 Å². The molecular weight excluding hydrogens is 261 g/mol. The zero-order valence-corrected chi connectivity index (χ0v) is 10.2. The first kappa shape index (κ1) is 12.1. The Kier molecular flexibility index (Phi) is 4.23. The number of hydrazine groups is 1. The average molecular weight is 274 g/mol. The van der Waals surface area contributed by atoms with Gasteiger partial charge in [-0.1, -0.05) is 0 Å². The second-order valence-corrected chi connectivity index (χ2v) is 4.20. The highest BCUT2D eigenvalue weighted by Crippen LogP contribution is 2.17. The monoisotopic (exact) mass is 273 g/mol. The number of amidine groups is 1. The molecule has 0 bridgehead atoms. The van der Waals surface area contributed by atoms with Crippen molar-refractivity contribution in [2.24, 2.45) is 10.8 Å². The van der Waals surface area contributed by atoms with Gasteiger partial charge in [0.15, 0.2) is 0 Å². The third kappa shape index (κ3) is 3.28. The fourth-order valence-electron chi connectivity index (χ4n) is 1.10. The van der Waals surface area contributed by atoms with Crippen molar-refractivity contribution in [3.8, 4) is 0 Å². The fraction of sp³-hybridized carbons (Fsp3) is 0.300. The smallest absolute Gasteiger partial charge is 0.142 e. The van der Waals surface area contributed by atoms with Gasteiger partial charge in [-0.25, -0.2) is 10.2 Å². The predicted molar refractivity (Wildman–Crippen MR) is 63.1 cm³/mol. The number of hydrogen-bond acceptors (Lipinski definition) is 2. The summed E-state index contributed by atoms with van der Waals surface area (Å²) in [7, 11) is 0. The molecule has 3 nitrogen and oxygen atoms in total. The van der Waals surface area contributed by atoms with Crippen LogP contribution in [0.3, 0.4) is 0 Å². The molecule has 0 spiro atoms. The van der Waals surface area contributed by atoms with Crippen LogP contribution in [0, 0.1) is 5.82 Å². The van der Waals surface area contributed by atoms with Crippen molar-refractivity contribution >= 4 is 21.8 Å². The van der Waals surface area contributed by atoms with Crippen molar-refractivity contribution in [3.63, 3.8) is 0 Å². The minimum absolute atomic E-state index is 0.125. The highest BCUT2D eigenvalue weighted by Gasteiger charge is 2.06. The lowest BCUT2D eigenvalue weighted by Crippen LogP contribution is -2.32. The van der Waals surface area contributed by atoms with E-state index in [1.54, 1.807) is 12.1 Å². The van der Waals surface area contributed by atoms with Crippen LogP contribution in [0.1, 0.15) is 19.4 Å². The molecule has 1 rings (SSSR count). The van der Waals surface area contributed by atoms with Gasteiger partial charge >= 0.3 is 0 Å². The molecule has 0 atom stereocenters. The summed E-state index contributed by atoms with van der Waals surface area (Å²) in [6, 6.07) is 4.75. The van der Waals surface area contributed by atoms with Crippen LogP contribution in [0.15, 0.2) is 27.7 Å². The van der Waals surface area contributed by atoms with Crippen LogP contribution in [-0.4, -0.2) is 11.9 Å². The van der Waals surface area contributed by atoms with Crippen LogP contribution in [0.5, 0.6) is 0 Å². The number of nitrogens with zero attached hydrogens (tertiary/aromatic N) is 1. The van der Waals surface area contributed by atoms with E-state index in [9.17, 15) is 4.39 Å². The summed E-state index contributed by atoms with van der Waals surface area (Å²) < 4.78 is 13.4. The normalized spacial score (nSPS) is 12.0. The second kappa shape index (κ2) is 5.23. The first-order valence-corrected chi connectivity index (χ1v) is 5.33. The molecule has 0 radical (unpaired) electrons. The summed E-state index contributed by atoms with van der Waals surface area (Å²) in [5.41, 5.74) is 3.25. The highest BCUT2D eigenvalue weighted by molar-refractivity contribution is 9.10. The molecule has 0 saturated carbocycles. The van der Waals surface area contributed by atoms with Gasteiger partial charge in [0.25, 0.3) is 0 Å². The summed E-state index contributed by atoms with van der Waals surface area (Å²) in [6.07, 6.45) is 0. The lowest BCUT2D eigenvalue weighted by Gasteiger charge is -2.08. The van der Waals surface area contributed by atoms with Crippen LogP contribution in [-0.2, 0) is 0 Å². The Hall–Kier alpha value is -0.940. The number of aliphatic imine (C=N–C) groups is 1. The SMILES string of the molecule is CC(C)N=C(NN)c1ccc(F)c(Br)c1. The maximum Gasteiger partial charge on any atom is 0.142 e. The lowest BCUT2D eigenvalue weighted by atomic mass is 10.2. The first-order chi connectivity index (χ1) is 7.04. The van der Waals surface area contributed by atoms with Crippen molar-refractivity contribution in [3.05, 3.63) is 34.1 Å². The van der Waals surface area contributed by atoms with Gasteiger partial charge in [0.05, 0.1) is 4.47 Å². The van der Waals surface area contributed by atoms with E-state index in [-0.39, 0.29) is 11.9 Å². The summed E-state index contributed by atoms with van der Waals surface area (Å²) in [6.45, 7) is 3.88. The van der Waals surface area contributed by atoms with Crippen molar-refractivity contribution < 1.29 is 4.39 Å². The summed E-state index contributed by atoms with van der Waals surface area (Å²) in [5.74, 6) is 5.59. The van der Waals surface area contributed by atoms with Gasteiger partial charge in [0.1, 0.15) is 11.7 Å². The molecule has 0 aromatic heterocycles. The summed E-state index contributed by atoms with van der Waals surface area (Å²) in [4.78, 5) is 4.27. The van der Waals surface area contributed by atoms with E-state index >= 15 is 0 Å². The molecule has 82 valence electrons. The van der Waals surface area contributed by atoms with Gasteiger partial charge < -0.3 is 5.43 Å². The average Bonchev–Trinajstić information content (AvgIpc) is 2.18. The van der Waals surface area contributed by atoms with E-state index in [0.717, 1.165) is 5.56 Å². The highest BCUT2D eigenvalue weighted by atomic mass is 79.9. The minimum Gasteiger partial charge on any atom is -0.308 e. The van der Waals surface area contributed by atoms with Crippen LogP contribution < -0.4 is 11.3 Å². The molecule has 15 heavy (non-hydrogen) atoms. The van der Waals surface area contributed by atoms with E-state index in [1.165, 1.54) is 6.07 Å². The number of halogens is 2. The Bertz CT molecular complexity index is 377. The zero-order chi connectivity index (χ0) is 11.4. The van der Waals surface area contributed by atoms with Gasteiger partial charge in [0, 0.05) is 11.6 Å². The van der Waals surface area contributed by atoms with Gasteiger partial charge in [-0.05, 0) is 48.0 Å². The van der Waals surface area contributed by atoms with Gasteiger partial charge in [0.2, 0.25) is 0 Å². The maximum atomic E-state index is 13.0. The van der Waals surface area contributed by atoms with Gasteiger partial charge in [-0.15, -0.1) is 0 Å². The standard InChI is InChI=1S/C10H13BrFN3/c1-6(2)14-10(15-13)7-3-4-9(12)8(11)5-7/h3-6H,13H2,1-2H3,(H,14,15). The molecule has 0 aliphatic carbocycles. The summed E-state index contributed by atoms with van der Waals surface area (Å²) >= 11 is 3.11. The van der Waals surface area contributed by atoms with Gasteiger partial charge in [-0.3, -0.25) is 4.99 Å². The molecule has 1 aromatic carbocycles. The number of nitrogens with one attached hydrogen (secondary N) is 1. The summed E-state index contributed by atoms with van der Waals surface area (Å²) in [5, 5.41) is 0. The van der Waals surface area contributed by atoms with E-state index in [1.807, 2.05) is 13.8 Å². The Morgan fingerprint density at radius 3 is 2.67 bits per heavy atom. The van der Waals surface area contributed by atoms with Crippen LogP contribution >= 0.6 is 15.9 Å². The lowest BCUT2D eigenvalue weighted by molar-refractivity contribution is 0.621. The molecule has 0 aliphatic heterocycles. The quantitative estimate of drug-likeness (QED) is 0.376. The number of hydrogen-bond donors (Lipinski definition) is 2. The molecule has 0 unspecified atom stereocenters. The molecule has 3 N–H and O–H groups in total. The Balaban J connectivity index is 3.08. The number of nitrogens with two attached hydrogens (primary N) is 1. The molecule has 5 heteroatoms. The molecule has 1 aromatic rings. The Morgan fingerprint density at radius 2 is 2.20 bits per heavy atom. The van der Waals surface area contributed by atoms with E-state index < -0.39 is 0 Å².